The van der Waals surface area contributed by atoms with Crippen molar-refractivity contribution in [2.75, 3.05) is 13.6 Å². The molecule has 2 heterocycles. The number of carbonyl (C=O) groups is 1. The van der Waals surface area contributed by atoms with Gasteiger partial charge in [-0.2, -0.15) is 5.10 Å². The van der Waals surface area contributed by atoms with Crippen molar-refractivity contribution < 1.29 is 9.32 Å². The molecule has 0 aromatic carbocycles. The third-order valence-electron chi connectivity index (χ3n) is 3.90. The van der Waals surface area contributed by atoms with E-state index >= 15 is 0 Å². The van der Waals surface area contributed by atoms with Crippen LogP contribution in [0.3, 0.4) is 0 Å². The summed E-state index contributed by atoms with van der Waals surface area (Å²) >= 11 is 0. The fourth-order valence-corrected chi connectivity index (χ4v) is 2.54. The van der Waals surface area contributed by atoms with E-state index in [0.29, 0.717) is 13.1 Å². The maximum atomic E-state index is 12.2. The third kappa shape index (κ3) is 4.37. The Hall–Kier alpha value is -2.31. The molecule has 0 aliphatic rings. The van der Waals surface area contributed by atoms with Crippen LogP contribution in [0, 0.1) is 13.8 Å². The first-order valence-corrected chi connectivity index (χ1v) is 8.25. The molecule has 0 aliphatic heterocycles. The predicted molar refractivity (Wildman–Crippen MR) is 91.9 cm³/mol. The lowest BCUT2D eigenvalue weighted by Crippen LogP contribution is -2.39. The first kappa shape index (κ1) is 18.0. The Bertz CT molecular complexity index is 689. The summed E-state index contributed by atoms with van der Waals surface area (Å²) in [7, 11) is 1.74. The van der Waals surface area contributed by atoms with Crippen LogP contribution in [0.15, 0.2) is 16.7 Å². The van der Waals surface area contributed by atoms with Gasteiger partial charge in [-0.05, 0) is 26.8 Å². The zero-order valence-corrected chi connectivity index (χ0v) is 15.3. The zero-order chi connectivity index (χ0) is 17.9. The number of urea groups is 1. The lowest BCUT2D eigenvalue weighted by atomic mass is 10.1. The molecule has 0 saturated carbocycles. The minimum absolute atomic E-state index is 0.0932. The number of nitrogens with zero attached hydrogens (tertiary/aromatic N) is 4. The molecule has 2 rings (SSSR count). The van der Waals surface area contributed by atoms with Crippen molar-refractivity contribution in [3.8, 4) is 0 Å². The minimum atomic E-state index is -0.141. The monoisotopic (exact) mass is 333 g/mol. The van der Waals surface area contributed by atoms with E-state index < -0.39 is 0 Å². The number of hydrogen-bond donors (Lipinski definition) is 1. The first-order chi connectivity index (χ1) is 11.3. The van der Waals surface area contributed by atoms with Gasteiger partial charge in [0.05, 0.1) is 18.3 Å². The van der Waals surface area contributed by atoms with Crippen molar-refractivity contribution in [3.63, 3.8) is 0 Å². The van der Waals surface area contributed by atoms with Crippen LogP contribution >= 0.6 is 0 Å². The molecule has 0 spiro atoms. The van der Waals surface area contributed by atoms with Gasteiger partial charge in [-0.15, -0.1) is 0 Å². The number of aryl methyl sites for hydroxylation is 2. The summed E-state index contributed by atoms with van der Waals surface area (Å²) in [6.45, 7) is 11.0. The molecular formula is C17H27N5O2. The van der Waals surface area contributed by atoms with Gasteiger partial charge in [0.15, 0.2) is 0 Å². The van der Waals surface area contributed by atoms with E-state index in [-0.39, 0.29) is 18.0 Å². The molecule has 24 heavy (non-hydrogen) atoms. The Balaban J connectivity index is 1.86. The maximum Gasteiger partial charge on any atom is 0.317 e. The Morgan fingerprint density at radius 2 is 2.04 bits per heavy atom. The van der Waals surface area contributed by atoms with Gasteiger partial charge in [-0.3, -0.25) is 4.68 Å². The van der Waals surface area contributed by atoms with Gasteiger partial charge in [-0.25, -0.2) is 4.79 Å². The molecule has 0 fully saturated rings. The van der Waals surface area contributed by atoms with E-state index in [1.165, 1.54) is 0 Å². The van der Waals surface area contributed by atoms with Crippen LogP contribution in [-0.4, -0.2) is 39.5 Å². The highest BCUT2D eigenvalue weighted by molar-refractivity contribution is 5.73. The molecule has 1 unspecified atom stereocenters. The van der Waals surface area contributed by atoms with E-state index in [4.69, 9.17) is 4.52 Å². The van der Waals surface area contributed by atoms with Crippen molar-refractivity contribution in [2.45, 2.75) is 53.1 Å². The quantitative estimate of drug-likeness (QED) is 0.881. The smallest absolute Gasteiger partial charge is 0.317 e. The van der Waals surface area contributed by atoms with Gasteiger partial charge in [0, 0.05) is 31.3 Å². The Kier molecular flexibility index (Phi) is 5.64. The van der Waals surface area contributed by atoms with Gasteiger partial charge in [0.2, 0.25) is 0 Å². The molecule has 0 bridgehead atoms. The van der Waals surface area contributed by atoms with Crippen LogP contribution in [0.1, 0.15) is 55.6 Å². The average Bonchev–Trinajstić information content (AvgIpc) is 3.10. The van der Waals surface area contributed by atoms with Crippen molar-refractivity contribution in [2.24, 2.45) is 0 Å². The fourth-order valence-electron chi connectivity index (χ4n) is 2.54. The van der Waals surface area contributed by atoms with Crippen molar-refractivity contribution in [1.29, 1.82) is 0 Å². The molecular weight excluding hydrogens is 306 g/mol. The molecule has 0 radical (unpaired) electrons. The summed E-state index contributed by atoms with van der Waals surface area (Å²) in [4.78, 5) is 13.8. The lowest BCUT2D eigenvalue weighted by molar-refractivity contribution is 0.203. The second-order valence-electron chi connectivity index (χ2n) is 6.64. The van der Waals surface area contributed by atoms with Crippen LogP contribution < -0.4 is 5.32 Å². The van der Waals surface area contributed by atoms with E-state index in [2.05, 4.69) is 15.6 Å². The van der Waals surface area contributed by atoms with Crippen molar-refractivity contribution in [3.05, 3.63) is 35.0 Å². The summed E-state index contributed by atoms with van der Waals surface area (Å²) in [6, 6.07) is 3.88. The first-order valence-electron chi connectivity index (χ1n) is 8.25. The van der Waals surface area contributed by atoms with Crippen LogP contribution in [0.25, 0.3) is 0 Å². The van der Waals surface area contributed by atoms with Crippen LogP contribution in [0.5, 0.6) is 0 Å². The van der Waals surface area contributed by atoms with E-state index in [1.807, 2.05) is 51.4 Å². The van der Waals surface area contributed by atoms with E-state index in [9.17, 15) is 4.79 Å². The molecule has 0 aliphatic carbocycles. The van der Waals surface area contributed by atoms with Gasteiger partial charge in [-0.1, -0.05) is 19.0 Å². The molecule has 2 aromatic rings. The van der Waals surface area contributed by atoms with Gasteiger partial charge in [0.25, 0.3) is 0 Å². The molecule has 2 amide bonds. The molecule has 0 saturated heterocycles. The highest BCUT2D eigenvalue weighted by Crippen LogP contribution is 2.16. The lowest BCUT2D eigenvalue weighted by Gasteiger charge is -2.19. The number of aromatic nitrogens is 3. The highest BCUT2D eigenvalue weighted by atomic mass is 16.5. The number of nitrogens with one attached hydrogen (secondary N) is 1. The standard InChI is InChI=1S/C17H27N5O2/c1-11(2)16-8-15(20-24-16)10-21(6)17(23)18-9-14(5)22-13(4)7-12(3)19-22/h7-8,11,14H,9-10H2,1-6H3,(H,18,23). The number of carbonyl (C=O) groups excluding carboxylic acids is 1. The second-order valence-corrected chi connectivity index (χ2v) is 6.64. The predicted octanol–water partition coefficient (Wildman–Crippen LogP) is 3.01. The van der Waals surface area contributed by atoms with E-state index in [1.54, 1.807) is 11.9 Å². The Labute approximate surface area is 143 Å². The molecule has 132 valence electrons. The summed E-state index contributed by atoms with van der Waals surface area (Å²) in [5.74, 6) is 1.11. The summed E-state index contributed by atoms with van der Waals surface area (Å²) in [6.07, 6.45) is 0. The average molecular weight is 333 g/mol. The van der Waals surface area contributed by atoms with Crippen LogP contribution in [-0.2, 0) is 6.54 Å². The Morgan fingerprint density at radius 3 is 2.58 bits per heavy atom. The number of hydrogen-bond acceptors (Lipinski definition) is 4. The highest BCUT2D eigenvalue weighted by Gasteiger charge is 2.15. The zero-order valence-electron chi connectivity index (χ0n) is 15.3. The number of amides is 2. The van der Waals surface area contributed by atoms with Crippen LogP contribution in [0.2, 0.25) is 0 Å². The molecule has 1 atom stereocenters. The number of rotatable bonds is 6. The fraction of sp³-hybridized carbons (Fsp3) is 0.588. The van der Waals surface area contributed by atoms with Gasteiger partial charge < -0.3 is 14.7 Å². The van der Waals surface area contributed by atoms with Crippen molar-refractivity contribution >= 4 is 6.03 Å². The Morgan fingerprint density at radius 1 is 1.33 bits per heavy atom. The molecule has 2 aromatic heterocycles. The third-order valence-corrected chi connectivity index (χ3v) is 3.90. The van der Waals surface area contributed by atoms with Gasteiger partial charge >= 0.3 is 6.03 Å². The molecule has 7 nitrogen and oxygen atoms in total. The molecule has 7 heteroatoms. The van der Waals surface area contributed by atoms with Crippen LogP contribution in [0.4, 0.5) is 4.79 Å². The summed E-state index contributed by atoms with van der Waals surface area (Å²) in [5, 5.41) is 11.4. The SMILES string of the molecule is Cc1cc(C)n(C(C)CNC(=O)N(C)Cc2cc(C(C)C)on2)n1. The van der Waals surface area contributed by atoms with Crippen molar-refractivity contribution in [1.82, 2.24) is 25.2 Å². The maximum absolute atomic E-state index is 12.2. The normalized spacial score (nSPS) is 12.5. The second kappa shape index (κ2) is 7.51. The topological polar surface area (TPSA) is 76.2 Å². The summed E-state index contributed by atoms with van der Waals surface area (Å²) < 4.78 is 7.19. The van der Waals surface area contributed by atoms with E-state index in [0.717, 1.165) is 22.8 Å². The molecule has 1 N–H and O–H groups in total. The van der Waals surface area contributed by atoms with Gasteiger partial charge in [0.1, 0.15) is 11.5 Å². The minimum Gasteiger partial charge on any atom is -0.361 e. The largest absolute Gasteiger partial charge is 0.361 e. The summed E-state index contributed by atoms with van der Waals surface area (Å²) in [5.41, 5.74) is 2.82.